The summed E-state index contributed by atoms with van der Waals surface area (Å²) in [6.07, 6.45) is 0.879. The molecule has 1 N–H and O–H groups in total. The molecule has 176 valence electrons. The largest absolute Gasteiger partial charge is 0.497 e. The van der Waals surface area contributed by atoms with Crippen LogP contribution < -0.4 is 15.6 Å². The molecule has 0 aliphatic carbocycles. The number of fused-ring (bicyclic) bond motifs is 1. The summed E-state index contributed by atoms with van der Waals surface area (Å²) < 4.78 is 7.92. The van der Waals surface area contributed by atoms with Crippen molar-refractivity contribution in [2.45, 2.75) is 19.9 Å². The SMILES string of the molecule is COc1ccc(-c2cc3c(=O)n(CC(=O)NCCCN4CCN(C)CC4)nc(C)n3n2)cc1. The lowest BCUT2D eigenvalue weighted by Crippen LogP contribution is -2.45. The number of methoxy groups -OCH3 is 1. The molecule has 2 aromatic heterocycles. The topological polar surface area (TPSA) is 97.0 Å². The van der Waals surface area contributed by atoms with Crippen LogP contribution in [0, 0.1) is 6.92 Å². The first-order chi connectivity index (χ1) is 15.9. The van der Waals surface area contributed by atoms with E-state index in [0.29, 0.717) is 23.6 Å². The quantitative estimate of drug-likeness (QED) is 0.500. The fraction of sp³-hybridized carbons (Fsp3) is 0.478. The Balaban J connectivity index is 1.38. The zero-order valence-electron chi connectivity index (χ0n) is 19.5. The van der Waals surface area contributed by atoms with Crippen LogP contribution in [0.3, 0.4) is 0 Å². The minimum atomic E-state index is -0.347. The summed E-state index contributed by atoms with van der Waals surface area (Å²) in [4.78, 5) is 30.1. The second-order valence-corrected chi connectivity index (χ2v) is 8.41. The number of likely N-dealkylation sites (N-methyl/N-ethyl adjacent to an activating group) is 1. The number of ether oxygens (including phenoxy) is 1. The molecule has 1 aliphatic rings. The number of amides is 1. The molecule has 3 heterocycles. The van der Waals surface area contributed by atoms with Crippen molar-refractivity contribution < 1.29 is 9.53 Å². The molecule has 0 radical (unpaired) electrons. The number of aryl methyl sites for hydroxylation is 1. The molecule has 4 rings (SSSR count). The highest BCUT2D eigenvalue weighted by Gasteiger charge is 2.16. The number of benzene rings is 1. The van der Waals surface area contributed by atoms with Gasteiger partial charge in [-0.2, -0.15) is 10.2 Å². The van der Waals surface area contributed by atoms with Crippen molar-refractivity contribution in [3.05, 3.63) is 46.5 Å². The molecule has 0 unspecified atom stereocenters. The van der Waals surface area contributed by atoms with Gasteiger partial charge in [-0.3, -0.25) is 9.59 Å². The molecule has 3 aromatic rings. The van der Waals surface area contributed by atoms with Crippen LogP contribution >= 0.6 is 0 Å². The number of aromatic nitrogens is 4. The van der Waals surface area contributed by atoms with Crippen molar-refractivity contribution in [3.8, 4) is 17.0 Å². The third-order valence-corrected chi connectivity index (χ3v) is 5.98. The Hall–Kier alpha value is -3.24. The first-order valence-corrected chi connectivity index (χ1v) is 11.2. The number of nitrogens with zero attached hydrogens (tertiary/aromatic N) is 6. The smallest absolute Gasteiger partial charge is 0.293 e. The van der Waals surface area contributed by atoms with Crippen LogP contribution in [-0.2, 0) is 11.3 Å². The molecule has 1 aromatic carbocycles. The van der Waals surface area contributed by atoms with Crippen LogP contribution in [0.2, 0.25) is 0 Å². The Morgan fingerprint density at radius 1 is 1.12 bits per heavy atom. The van der Waals surface area contributed by atoms with E-state index in [0.717, 1.165) is 50.5 Å². The minimum absolute atomic E-state index is 0.117. The van der Waals surface area contributed by atoms with Gasteiger partial charge in [0, 0.05) is 38.3 Å². The molecule has 1 amide bonds. The lowest BCUT2D eigenvalue weighted by Gasteiger charge is -2.32. The maximum Gasteiger partial charge on any atom is 0.293 e. The minimum Gasteiger partial charge on any atom is -0.497 e. The average Bonchev–Trinajstić information content (AvgIpc) is 3.28. The number of piperazine rings is 1. The molecule has 10 nitrogen and oxygen atoms in total. The average molecular weight is 454 g/mol. The number of rotatable bonds is 8. The number of hydrogen-bond donors (Lipinski definition) is 1. The number of nitrogens with one attached hydrogen (secondary N) is 1. The van der Waals surface area contributed by atoms with Crippen LogP contribution in [-0.4, -0.2) is 88.5 Å². The van der Waals surface area contributed by atoms with Crippen LogP contribution in [0.4, 0.5) is 0 Å². The molecular formula is C23H31N7O3. The molecule has 0 atom stereocenters. The Morgan fingerprint density at radius 3 is 2.55 bits per heavy atom. The maximum atomic E-state index is 13.0. The van der Waals surface area contributed by atoms with Crippen molar-refractivity contribution in [2.75, 3.05) is 53.4 Å². The lowest BCUT2D eigenvalue weighted by atomic mass is 10.1. The van der Waals surface area contributed by atoms with E-state index in [-0.39, 0.29) is 18.0 Å². The fourth-order valence-electron chi connectivity index (χ4n) is 3.98. The summed E-state index contributed by atoms with van der Waals surface area (Å²) in [5.74, 6) is 1.06. The summed E-state index contributed by atoms with van der Waals surface area (Å²) in [6, 6.07) is 9.19. The van der Waals surface area contributed by atoms with Gasteiger partial charge in [0.25, 0.3) is 5.56 Å². The van der Waals surface area contributed by atoms with Crippen LogP contribution in [0.5, 0.6) is 5.75 Å². The summed E-state index contributed by atoms with van der Waals surface area (Å²) in [5.41, 5.74) is 1.56. The normalized spacial score (nSPS) is 15.1. The second kappa shape index (κ2) is 10.1. The number of hydrogen-bond acceptors (Lipinski definition) is 7. The molecular weight excluding hydrogens is 422 g/mol. The number of carbonyl (C=O) groups is 1. The summed E-state index contributed by atoms with van der Waals surface area (Å²) >= 11 is 0. The van der Waals surface area contributed by atoms with E-state index in [4.69, 9.17) is 4.74 Å². The van der Waals surface area contributed by atoms with E-state index in [2.05, 4.69) is 32.4 Å². The van der Waals surface area contributed by atoms with Crippen molar-refractivity contribution in [3.63, 3.8) is 0 Å². The highest BCUT2D eigenvalue weighted by atomic mass is 16.5. The van der Waals surface area contributed by atoms with Gasteiger partial charge in [-0.15, -0.1) is 0 Å². The van der Waals surface area contributed by atoms with Crippen LogP contribution in [0.1, 0.15) is 12.2 Å². The predicted molar refractivity (Wildman–Crippen MR) is 126 cm³/mol. The zero-order valence-corrected chi connectivity index (χ0v) is 19.5. The van der Waals surface area contributed by atoms with Gasteiger partial charge in [-0.25, -0.2) is 9.20 Å². The summed E-state index contributed by atoms with van der Waals surface area (Å²) in [5, 5.41) is 11.7. The van der Waals surface area contributed by atoms with Gasteiger partial charge in [0.05, 0.1) is 12.8 Å². The van der Waals surface area contributed by atoms with Crippen LogP contribution in [0.25, 0.3) is 16.8 Å². The van der Waals surface area contributed by atoms with E-state index >= 15 is 0 Å². The van der Waals surface area contributed by atoms with Crippen molar-refractivity contribution >= 4 is 11.4 Å². The van der Waals surface area contributed by atoms with E-state index in [1.54, 1.807) is 20.1 Å². The van der Waals surface area contributed by atoms with E-state index in [9.17, 15) is 9.59 Å². The Kier molecular flexibility index (Phi) is 7.05. The highest BCUT2D eigenvalue weighted by Crippen LogP contribution is 2.21. The van der Waals surface area contributed by atoms with Crippen LogP contribution in [0.15, 0.2) is 35.1 Å². The molecule has 0 bridgehead atoms. The Labute approximate surface area is 192 Å². The molecule has 1 saturated heterocycles. The molecule has 0 saturated carbocycles. The second-order valence-electron chi connectivity index (χ2n) is 8.41. The van der Waals surface area contributed by atoms with Crippen molar-refractivity contribution in [2.24, 2.45) is 0 Å². The first kappa shape index (κ1) is 22.9. The van der Waals surface area contributed by atoms with Crippen molar-refractivity contribution in [1.82, 2.24) is 34.5 Å². The first-order valence-electron chi connectivity index (χ1n) is 11.2. The third kappa shape index (κ3) is 5.40. The predicted octanol–water partition coefficient (Wildman–Crippen LogP) is 0.629. The van der Waals surface area contributed by atoms with Gasteiger partial charge >= 0.3 is 0 Å². The van der Waals surface area contributed by atoms with Crippen molar-refractivity contribution in [1.29, 1.82) is 0 Å². The monoisotopic (exact) mass is 453 g/mol. The molecule has 0 spiro atoms. The highest BCUT2D eigenvalue weighted by molar-refractivity contribution is 5.75. The van der Waals surface area contributed by atoms with Gasteiger partial charge in [-0.05, 0) is 57.3 Å². The lowest BCUT2D eigenvalue weighted by molar-refractivity contribution is -0.121. The molecule has 10 heteroatoms. The van der Waals surface area contributed by atoms with Gasteiger partial charge in [0.2, 0.25) is 5.91 Å². The maximum absolute atomic E-state index is 13.0. The van der Waals surface area contributed by atoms with E-state index in [1.165, 1.54) is 9.20 Å². The molecule has 33 heavy (non-hydrogen) atoms. The van der Waals surface area contributed by atoms with Gasteiger partial charge in [-0.1, -0.05) is 0 Å². The van der Waals surface area contributed by atoms with E-state index < -0.39 is 0 Å². The Morgan fingerprint density at radius 2 is 1.85 bits per heavy atom. The standard InChI is InChI=1S/C23H31N7O3/c1-17-25-29(16-22(31)24-9-4-10-28-13-11-27(2)12-14-28)23(32)21-15-20(26-30(17)21)18-5-7-19(33-3)8-6-18/h5-8,15H,4,9-14,16H2,1-3H3,(H,24,31). The Bertz CT molecular complexity index is 1160. The third-order valence-electron chi connectivity index (χ3n) is 5.98. The van der Waals surface area contributed by atoms with Gasteiger partial charge in [0.1, 0.15) is 23.6 Å². The number of carbonyl (C=O) groups excluding carboxylic acids is 1. The molecule has 1 fully saturated rings. The van der Waals surface area contributed by atoms with Gasteiger partial charge < -0.3 is 19.9 Å². The van der Waals surface area contributed by atoms with E-state index in [1.807, 2.05) is 24.3 Å². The zero-order chi connectivity index (χ0) is 23.4. The van der Waals surface area contributed by atoms with Gasteiger partial charge in [0.15, 0.2) is 0 Å². The molecule has 1 aliphatic heterocycles. The summed E-state index contributed by atoms with van der Waals surface area (Å²) in [6.45, 7) is 7.47. The fourth-order valence-corrected chi connectivity index (χ4v) is 3.98. The summed E-state index contributed by atoms with van der Waals surface area (Å²) in [7, 11) is 3.75.